The molecular weight excluding hydrogens is 316 g/mol. The summed E-state index contributed by atoms with van der Waals surface area (Å²) in [5.41, 5.74) is 0.224. The molecule has 0 aromatic heterocycles. The molecule has 7 heteroatoms. The number of nitrogens with zero attached hydrogens (tertiary/aromatic N) is 1. The molecular formula is C16H24N2O4S. The zero-order chi connectivity index (χ0) is 16.9. The molecule has 1 unspecified atom stereocenters. The lowest BCUT2D eigenvalue weighted by molar-refractivity contribution is 0.0600. The van der Waals surface area contributed by atoms with Crippen molar-refractivity contribution in [3.63, 3.8) is 0 Å². The predicted molar refractivity (Wildman–Crippen MR) is 87.9 cm³/mol. The van der Waals surface area contributed by atoms with Crippen molar-refractivity contribution >= 4 is 16.0 Å². The van der Waals surface area contributed by atoms with Crippen LogP contribution in [0.3, 0.4) is 0 Å². The van der Waals surface area contributed by atoms with Crippen LogP contribution in [0.5, 0.6) is 0 Å². The highest BCUT2D eigenvalue weighted by Gasteiger charge is 2.23. The fourth-order valence-electron chi connectivity index (χ4n) is 2.84. The van der Waals surface area contributed by atoms with E-state index in [0.29, 0.717) is 6.54 Å². The van der Waals surface area contributed by atoms with Gasteiger partial charge in [0.1, 0.15) is 0 Å². The predicted octanol–water partition coefficient (Wildman–Crippen LogP) is 1.63. The highest BCUT2D eigenvalue weighted by atomic mass is 32.2. The van der Waals surface area contributed by atoms with Gasteiger partial charge in [0.15, 0.2) is 0 Å². The monoisotopic (exact) mass is 340 g/mol. The normalized spacial score (nSPS) is 17.1. The molecule has 1 aliphatic rings. The first-order valence-electron chi connectivity index (χ1n) is 7.90. The van der Waals surface area contributed by atoms with Gasteiger partial charge in [-0.3, -0.25) is 4.90 Å². The van der Waals surface area contributed by atoms with Crippen LogP contribution in [0.15, 0.2) is 29.2 Å². The standard InChI is InChI=1S/C16H24N2O4S/c1-3-14(18-9-4-5-10-18)12-17-23(20,21)15-8-6-7-13(11-15)16(19)22-2/h6-8,11,14,17H,3-5,9-10,12H2,1-2H3. The van der Waals surface area contributed by atoms with Crippen LogP contribution in [0.25, 0.3) is 0 Å². The number of sulfonamides is 1. The number of hydrogen-bond acceptors (Lipinski definition) is 5. The van der Waals surface area contributed by atoms with Crippen molar-refractivity contribution in [1.82, 2.24) is 9.62 Å². The lowest BCUT2D eigenvalue weighted by Gasteiger charge is -2.26. The van der Waals surface area contributed by atoms with E-state index in [-0.39, 0.29) is 16.5 Å². The topological polar surface area (TPSA) is 75.7 Å². The molecule has 1 N–H and O–H groups in total. The quantitative estimate of drug-likeness (QED) is 0.764. The van der Waals surface area contributed by atoms with Gasteiger partial charge in [-0.05, 0) is 50.6 Å². The van der Waals surface area contributed by atoms with Gasteiger partial charge >= 0.3 is 5.97 Å². The van der Waals surface area contributed by atoms with E-state index in [1.54, 1.807) is 6.07 Å². The van der Waals surface area contributed by atoms with Gasteiger partial charge in [0.05, 0.1) is 17.6 Å². The maximum Gasteiger partial charge on any atom is 0.337 e. The average Bonchev–Trinajstić information content (AvgIpc) is 3.09. The zero-order valence-corrected chi connectivity index (χ0v) is 14.4. The minimum atomic E-state index is -3.64. The van der Waals surface area contributed by atoms with Crippen molar-refractivity contribution in [2.75, 3.05) is 26.7 Å². The number of carbonyl (C=O) groups excluding carboxylic acids is 1. The lowest BCUT2D eigenvalue weighted by atomic mass is 10.2. The minimum absolute atomic E-state index is 0.0803. The number of benzene rings is 1. The van der Waals surface area contributed by atoms with Crippen molar-refractivity contribution in [3.05, 3.63) is 29.8 Å². The Morgan fingerprint density at radius 2 is 2.04 bits per heavy atom. The Labute approximate surface area is 137 Å². The van der Waals surface area contributed by atoms with Gasteiger partial charge in [0.2, 0.25) is 10.0 Å². The van der Waals surface area contributed by atoms with Gasteiger partial charge in [-0.2, -0.15) is 0 Å². The second kappa shape index (κ2) is 7.90. The number of esters is 1. The second-order valence-corrected chi connectivity index (χ2v) is 7.44. The molecule has 0 amide bonds. The van der Waals surface area contributed by atoms with Crippen molar-refractivity contribution in [1.29, 1.82) is 0 Å². The van der Waals surface area contributed by atoms with Gasteiger partial charge in [-0.25, -0.2) is 17.9 Å². The molecule has 1 heterocycles. The first-order chi connectivity index (χ1) is 11.0. The Kier molecular flexibility index (Phi) is 6.15. The summed E-state index contributed by atoms with van der Waals surface area (Å²) in [6.07, 6.45) is 3.24. The number of carbonyl (C=O) groups is 1. The average molecular weight is 340 g/mol. The molecule has 1 aromatic rings. The smallest absolute Gasteiger partial charge is 0.337 e. The van der Waals surface area contributed by atoms with Crippen LogP contribution < -0.4 is 4.72 Å². The molecule has 0 saturated carbocycles. The first kappa shape index (κ1) is 17.9. The molecule has 1 atom stereocenters. The van der Waals surface area contributed by atoms with E-state index in [9.17, 15) is 13.2 Å². The molecule has 6 nitrogen and oxygen atoms in total. The Morgan fingerprint density at radius 3 is 2.65 bits per heavy atom. The number of nitrogens with one attached hydrogen (secondary N) is 1. The van der Waals surface area contributed by atoms with Gasteiger partial charge in [-0.15, -0.1) is 0 Å². The Balaban J connectivity index is 2.07. The van der Waals surface area contributed by atoms with Crippen LogP contribution in [-0.4, -0.2) is 52.1 Å². The van der Waals surface area contributed by atoms with Crippen molar-refractivity contribution in [3.8, 4) is 0 Å². The molecule has 128 valence electrons. The van der Waals surface area contributed by atoms with Crippen molar-refractivity contribution in [2.45, 2.75) is 37.1 Å². The van der Waals surface area contributed by atoms with E-state index in [1.165, 1.54) is 38.2 Å². The maximum atomic E-state index is 12.4. The van der Waals surface area contributed by atoms with E-state index in [0.717, 1.165) is 19.5 Å². The van der Waals surface area contributed by atoms with Gasteiger partial charge in [-0.1, -0.05) is 13.0 Å². The third-order valence-corrected chi connectivity index (χ3v) is 5.62. The maximum absolute atomic E-state index is 12.4. The Morgan fingerprint density at radius 1 is 1.35 bits per heavy atom. The van der Waals surface area contributed by atoms with E-state index in [2.05, 4.69) is 21.3 Å². The molecule has 1 aliphatic heterocycles. The number of likely N-dealkylation sites (tertiary alicyclic amines) is 1. The Hall–Kier alpha value is -1.44. The summed E-state index contributed by atoms with van der Waals surface area (Å²) in [4.78, 5) is 13.9. The van der Waals surface area contributed by atoms with Crippen LogP contribution in [0.2, 0.25) is 0 Å². The molecule has 0 radical (unpaired) electrons. The van der Waals surface area contributed by atoms with Crippen LogP contribution in [0, 0.1) is 0 Å². The summed E-state index contributed by atoms with van der Waals surface area (Å²) in [6.45, 7) is 4.49. The van der Waals surface area contributed by atoms with Gasteiger partial charge < -0.3 is 4.74 Å². The highest BCUT2D eigenvalue weighted by molar-refractivity contribution is 7.89. The lowest BCUT2D eigenvalue weighted by Crippen LogP contribution is -2.42. The number of ether oxygens (including phenoxy) is 1. The van der Waals surface area contributed by atoms with E-state index >= 15 is 0 Å². The SMILES string of the molecule is CCC(CNS(=O)(=O)c1cccc(C(=O)OC)c1)N1CCCC1. The minimum Gasteiger partial charge on any atom is -0.465 e. The summed E-state index contributed by atoms with van der Waals surface area (Å²) in [5.74, 6) is -0.550. The summed E-state index contributed by atoms with van der Waals surface area (Å²) >= 11 is 0. The highest BCUT2D eigenvalue weighted by Crippen LogP contribution is 2.16. The van der Waals surface area contributed by atoms with Crippen LogP contribution in [-0.2, 0) is 14.8 Å². The molecule has 0 bridgehead atoms. The molecule has 23 heavy (non-hydrogen) atoms. The van der Waals surface area contributed by atoms with E-state index in [4.69, 9.17) is 0 Å². The molecule has 2 rings (SSSR count). The number of methoxy groups -OCH3 is 1. The molecule has 0 spiro atoms. The second-order valence-electron chi connectivity index (χ2n) is 5.68. The summed E-state index contributed by atoms with van der Waals surface area (Å²) in [5, 5.41) is 0. The van der Waals surface area contributed by atoms with Gasteiger partial charge in [0, 0.05) is 12.6 Å². The molecule has 1 aromatic carbocycles. The van der Waals surface area contributed by atoms with Crippen LogP contribution in [0.4, 0.5) is 0 Å². The first-order valence-corrected chi connectivity index (χ1v) is 9.38. The molecule has 1 saturated heterocycles. The van der Waals surface area contributed by atoms with Crippen LogP contribution >= 0.6 is 0 Å². The summed E-state index contributed by atoms with van der Waals surface area (Å²) < 4.78 is 32.2. The Bertz CT molecular complexity index is 639. The molecule has 1 fully saturated rings. The molecule has 0 aliphatic carbocycles. The van der Waals surface area contributed by atoms with E-state index in [1.807, 2.05) is 0 Å². The fraction of sp³-hybridized carbons (Fsp3) is 0.562. The largest absolute Gasteiger partial charge is 0.465 e. The van der Waals surface area contributed by atoms with Crippen LogP contribution in [0.1, 0.15) is 36.5 Å². The summed E-state index contributed by atoms with van der Waals surface area (Å²) in [6, 6.07) is 6.09. The zero-order valence-electron chi connectivity index (χ0n) is 13.6. The van der Waals surface area contributed by atoms with Gasteiger partial charge in [0.25, 0.3) is 0 Å². The van der Waals surface area contributed by atoms with Crippen molar-refractivity contribution < 1.29 is 17.9 Å². The third-order valence-electron chi connectivity index (χ3n) is 4.20. The van der Waals surface area contributed by atoms with E-state index < -0.39 is 16.0 Å². The summed E-state index contributed by atoms with van der Waals surface area (Å²) in [7, 11) is -2.38. The number of rotatable bonds is 7. The van der Waals surface area contributed by atoms with Crippen molar-refractivity contribution in [2.24, 2.45) is 0 Å². The fourth-order valence-corrected chi connectivity index (χ4v) is 3.95. The number of hydrogen-bond donors (Lipinski definition) is 1. The third kappa shape index (κ3) is 4.53.